The smallest absolute Gasteiger partial charge is 0.270 e. The zero-order valence-electron chi connectivity index (χ0n) is 16.0. The molecule has 1 aromatic heterocycles. The molecule has 0 radical (unpaired) electrons. The van der Waals surface area contributed by atoms with Gasteiger partial charge < -0.3 is 14.8 Å². The van der Waals surface area contributed by atoms with Crippen LogP contribution in [0.5, 0.6) is 0 Å². The highest BCUT2D eigenvalue weighted by molar-refractivity contribution is 5.92. The van der Waals surface area contributed by atoms with E-state index in [4.69, 9.17) is 0 Å². The molecule has 3 heterocycles. The minimum Gasteiger partial charge on any atom is -0.356 e. The lowest BCUT2D eigenvalue weighted by molar-refractivity contribution is -0.122. The van der Waals surface area contributed by atoms with Gasteiger partial charge in [-0.1, -0.05) is 6.42 Å². The molecule has 26 heavy (non-hydrogen) atoms. The minimum absolute atomic E-state index is 0.0922. The van der Waals surface area contributed by atoms with Crippen molar-refractivity contribution in [1.82, 2.24) is 19.7 Å². The summed E-state index contributed by atoms with van der Waals surface area (Å²) in [6.45, 7) is 4.25. The third-order valence-electron chi connectivity index (χ3n) is 5.67. The average Bonchev–Trinajstić information content (AvgIpc) is 3.06. The van der Waals surface area contributed by atoms with Crippen LogP contribution >= 0.6 is 0 Å². The normalized spacial score (nSPS) is 24.0. The van der Waals surface area contributed by atoms with E-state index in [1.165, 1.54) is 12.8 Å². The van der Waals surface area contributed by atoms with Gasteiger partial charge in [-0.3, -0.25) is 14.5 Å². The molecule has 2 amide bonds. The quantitative estimate of drug-likeness (QED) is 0.833. The number of piperidine rings is 1. The monoisotopic (exact) mass is 360 g/mol. The van der Waals surface area contributed by atoms with Gasteiger partial charge in [-0.05, 0) is 57.3 Å². The van der Waals surface area contributed by atoms with Gasteiger partial charge in [0.25, 0.3) is 5.91 Å². The molecule has 0 spiro atoms. The highest BCUT2D eigenvalue weighted by Crippen LogP contribution is 2.20. The Morgan fingerprint density at radius 2 is 1.81 bits per heavy atom. The Morgan fingerprint density at radius 3 is 2.58 bits per heavy atom. The van der Waals surface area contributed by atoms with Crippen molar-refractivity contribution >= 4 is 11.8 Å². The summed E-state index contributed by atoms with van der Waals surface area (Å²) in [5.74, 6) is 0.246. The predicted octanol–water partition coefficient (Wildman–Crippen LogP) is 2.01. The lowest BCUT2D eigenvalue weighted by Gasteiger charge is -2.35. The maximum absolute atomic E-state index is 12.9. The number of carbonyl (C=O) groups excluding carboxylic acids is 2. The Morgan fingerprint density at radius 1 is 1.08 bits per heavy atom. The van der Waals surface area contributed by atoms with Gasteiger partial charge in [-0.25, -0.2) is 0 Å². The number of fused-ring (bicyclic) bond motifs is 1. The van der Waals surface area contributed by atoms with Crippen LogP contribution in [0, 0.1) is 0 Å². The van der Waals surface area contributed by atoms with E-state index in [1.807, 2.05) is 34.8 Å². The predicted molar refractivity (Wildman–Crippen MR) is 102 cm³/mol. The Hall–Kier alpha value is -1.82. The minimum atomic E-state index is 0.0922. The molecule has 2 aliphatic heterocycles. The van der Waals surface area contributed by atoms with E-state index in [-0.39, 0.29) is 11.8 Å². The lowest BCUT2D eigenvalue weighted by atomic mass is 9.98. The zero-order chi connectivity index (χ0) is 18.4. The molecular weight excluding hydrogens is 328 g/mol. The summed E-state index contributed by atoms with van der Waals surface area (Å²) in [5.41, 5.74) is 0.731. The molecule has 0 saturated carbocycles. The Balaban J connectivity index is 1.64. The van der Waals surface area contributed by atoms with Crippen LogP contribution in [0.15, 0.2) is 18.3 Å². The number of aromatic nitrogens is 1. The maximum Gasteiger partial charge on any atom is 0.270 e. The number of nitrogens with zero attached hydrogens (tertiary/aromatic N) is 3. The van der Waals surface area contributed by atoms with E-state index >= 15 is 0 Å². The first-order valence-electron chi connectivity index (χ1n) is 10.1. The van der Waals surface area contributed by atoms with Crippen LogP contribution in [0.2, 0.25) is 0 Å². The first-order valence-corrected chi connectivity index (χ1v) is 10.1. The summed E-state index contributed by atoms with van der Waals surface area (Å²) in [7, 11) is 1.91. The number of aryl methyl sites for hydroxylation is 1. The molecule has 0 bridgehead atoms. The third-order valence-corrected chi connectivity index (χ3v) is 5.67. The van der Waals surface area contributed by atoms with Crippen molar-refractivity contribution in [3.8, 4) is 0 Å². The second kappa shape index (κ2) is 9.21. The van der Waals surface area contributed by atoms with Crippen LogP contribution in [-0.2, 0) is 11.8 Å². The fourth-order valence-corrected chi connectivity index (χ4v) is 4.15. The summed E-state index contributed by atoms with van der Waals surface area (Å²) in [5, 5.41) is 3.05. The maximum atomic E-state index is 12.9. The molecule has 6 nitrogen and oxygen atoms in total. The van der Waals surface area contributed by atoms with E-state index in [9.17, 15) is 9.59 Å². The number of carbonyl (C=O) groups is 2. The van der Waals surface area contributed by atoms with E-state index in [2.05, 4.69) is 10.2 Å². The van der Waals surface area contributed by atoms with E-state index < -0.39 is 0 Å². The molecule has 1 N–H and O–H groups in total. The first-order chi connectivity index (χ1) is 12.6. The molecule has 0 aromatic carbocycles. The van der Waals surface area contributed by atoms with Gasteiger partial charge in [0.05, 0.1) is 0 Å². The van der Waals surface area contributed by atoms with Crippen LogP contribution in [0.4, 0.5) is 0 Å². The highest BCUT2D eigenvalue weighted by Gasteiger charge is 2.25. The Labute approximate surface area is 156 Å². The van der Waals surface area contributed by atoms with Gasteiger partial charge in [0.1, 0.15) is 5.69 Å². The molecule has 2 saturated heterocycles. The molecule has 2 aliphatic rings. The topological polar surface area (TPSA) is 57.6 Å². The van der Waals surface area contributed by atoms with Gasteiger partial charge in [-0.15, -0.1) is 0 Å². The third kappa shape index (κ3) is 4.87. The van der Waals surface area contributed by atoms with E-state index in [1.54, 1.807) is 0 Å². The molecule has 2 fully saturated rings. The number of amides is 2. The highest BCUT2D eigenvalue weighted by atomic mass is 16.2. The van der Waals surface area contributed by atoms with Gasteiger partial charge in [0, 0.05) is 45.3 Å². The lowest BCUT2D eigenvalue weighted by Crippen LogP contribution is -2.43. The van der Waals surface area contributed by atoms with Crippen molar-refractivity contribution in [1.29, 1.82) is 0 Å². The second-order valence-corrected chi connectivity index (χ2v) is 7.60. The molecule has 3 rings (SSSR count). The van der Waals surface area contributed by atoms with Crippen LogP contribution in [0.1, 0.15) is 55.4 Å². The van der Waals surface area contributed by atoms with Crippen molar-refractivity contribution in [2.24, 2.45) is 7.05 Å². The number of hydrogen-bond donors (Lipinski definition) is 1. The molecule has 0 aliphatic carbocycles. The SMILES string of the molecule is Cn1cccc1C(=O)N1CCCCN2CCCCC2CC(=O)NCCC1. The second-order valence-electron chi connectivity index (χ2n) is 7.60. The molecule has 1 unspecified atom stereocenters. The van der Waals surface area contributed by atoms with Crippen molar-refractivity contribution in [3.05, 3.63) is 24.0 Å². The molecular formula is C20H32N4O2. The van der Waals surface area contributed by atoms with Crippen LogP contribution in [0.3, 0.4) is 0 Å². The van der Waals surface area contributed by atoms with E-state index in [0.29, 0.717) is 25.6 Å². The Bertz CT molecular complexity index is 613. The fraction of sp³-hybridized carbons (Fsp3) is 0.700. The van der Waals surface area contributed by atoms with Crippen molar-refractivity contribution in [3.63, 3.8) is 0 Å². The van der Waals surface area contributed by atoms with E-state index in [0.717, 1.165) is 51.0 Å². The standard InChI is InChI=1S/C20H32N4O2/c1-22-11-6-9-18(22)20(26)24-14-5-4-13-23-12-3-2-8-17(23)16-19(25)21-10-7-15-24/h6,9,11,17H,2-5,7-8,10,12-16H2,1H3,(H,21,25). The number of hydrogen-bond acceptors (Lipinski definition) is 3. The molecule has 1 aromatic rings. The van der Waals surface area contributed by atoms with Gasteiger partial charge in [0.15, 0.2) is 0 Å². The summed E-state index contributed by atoms with van der Waals surface area (Å²) >= 11 is 0. The van der Waals surface area contributed by atoms with Gasteiger partial charge in [-0.2, -0.15) is 0 Å². The fourth-order valence-electron chi connectivity index (χ4n) is 4.15. The van der Waals surface area contributed by atoms with Crippen LogP contribution in [-0.4, -0.2) is 64.9 Å². The summed E-state index contributed by atoms with van der Waals surface area (Å²) in [6.07, 6.45) is 9.01. The summed E-state index contributed by atoms with van der Waals surface area (Å²) < 4.78 is 1.88. The number of rotatable bonds is 1. The number of nitrogens with one attached hydrogen (secondary N) is 1. The first kappa shape index (κ1) is 19.0. The molecule has 6 heteroatoms. The Kier molecular flexibility index (Phi) is 6.72. The van der Waals surface area contributed by atoms with Crippen LogP contribution < -0.4 is 5.32 Å². The zero-order valence-corrected chi connectivity index (χ0v) is 16.0. The van der Waals surface area contributed by atoms with Crippen molar-refractivity contribution in [2.45, 2.75) is 51.0 Å². The summed E-state index contributed by atoms with van der Waals surface area (Å²) in [6, 6.07) is 4.18. The van der Waals surface area contributed by atoms with Crippen LogP contribution in [0.25, 0.3) is 0 Å². The summed E-state index contributed by atoms with van der Waals surface area (Å²) in [4.78, 5) is 29.6. The molecule has 1 atom stereocenters. The van der Waals surface area contributed by atoms with Crippen molar-refractivity contribution < 1.29 is 9.59 Å². The largest absolute Gasteiger partial charge is 0.356 e. The average molecular weight is 361 g/mol. The van der Waals surface area contributed by atoms with Crippen molar-refractivity contribution in [2.75, 3.05) is 32.7 Å². The van der Waals surface area contributed by atoms with Gasteiger partial charge >= 0.3 is 0 Å². The van der Waals surface area contributed by atoms with Gasteiger partial charge in [0.2, 0.25) is 5.91 Å². The molecule has 144 valence electrons.